The Balaban J connectivity index is 1.55. The zero-order valence-corrected chi connectivity index (χ0v) is 19.5. The van der Waals surface area contributed by atoms with Crippen LogP contribution >= 0.6 is 23.4 Å². The molecule has 2 N–H and O–H groups in total. The summed E-state index contributed by atoms with van der Waals surface area (Å²) < 4.78 is 0. The lowest BCUT2D eigenvalue weighted by atomic mass is 9.93. The van der Waals surface area contributed by atoms with Crippen molar-refractivity contribution < 1.29 is 0 Å². The maximum absolute atomic E-state index is 6.67. The first kappa shape index (κ1) is 21.9. The van der Waals surface area contributed by atoms with Crippen LogP contribution in [0.2, 0.25) is 5.15 Å². The van der Waals surface area contributed by atoms with Crippen LogP contribution in [0.1, 0.15) is 30.0 Å². The van der Waals surface area contributed by atoms with Crippen LogP contribution in [-0.2, 0) is 6.54 Å². The van der Waals surface area contributed by atoms with Crippen molar-refractivity contribution in [2.24, 2.45) is 0 Å². The van der Waals surface area contributed by atoms with E-state index in [1.54, 1.807) is 11.8 Å². The molecule has 7 heteroatoms. The number of aromatic nitrogens is 2. The summed E-state index contributed by atoms with van der Waals surface area (Å²) in [5, 5.41) is 6.84. The van der Waals surface area contributed by atoms with E-state index in [4.69, 9.17) is 16.6 Å². The molecule has 3 aromatic rings. The second-order valence-electron chi connectivity index (χ2n) is 7.69. The molecule has 0 amide bonds. The van der Waals surface area contributed by atoms with E-state index in [0.717, 1.165) is 53.6 Å². The molecule has 5 nitrogen and oxygen atoms in total. The highest BCUT2D eigenvalue weighted by atomic mass is 35.5. The normalized spacial score (nSPS) is 15.1. The summed E-state index contributed by atoms with van der Waals surface area (Å²) in [4.78, 5) is 13.9. The number of piperidine rings is 1. The Bertz CT molecular complexity index is 1010. The number of nitrogens with one attached hydrogen (secondary N) is 2. The molecule has 0 aliphatic carbocycles. The largest absolute Gasteiger partial charge is 0.387 e. The summed E-state index contributed by atoms with van der Waals surface area (Å²) in [6.07, 6.45) is 2.12. The summed E-state index contributed by atoms with van der Waals surface area (Å²) in [6.45, 7) is 3.09. The zero-order chi connectivity index (χ0) is 21.6. The minimum Gasteiger partial charge on any atom is -0.387 e. The number of para-hydroxylation sites is 1. The average Bonchev–Trinajstić information content (AvgIpc) is 2.81. The first-order chi connectivity index (χ1) is 15.2. The molecule has 1 saturated heterocycles. The first-order valence-electron chi connectivity index (χ1n) is 10.6. The van der Waals surface area contributed by atoms with Gasteiger partial charge in [0.15, 0.2) is 0 Å². The average molecular weight is 454 g/mol. The Labute approximate surface area is 193 Å². The van der Waals surface area contributed by atoms with Crippen molar-refractivity contribution in [1.82, 2.24) is 14.9 Å². The lowest BCUT2D eigenvalue weighted by molar-refractivity contribution is 0.202. The van der Waals surface area contributed by atoms with Gasteiger partial charge in [0.1, 0.15) is 5.15 Å². The summed E-state index contributed by atoms with van der Waals surface area (Å²) >= 11 is 8.32. The molecular formula is C24H28ClN5S. The predicted octanol–water partition coefficient (Wildman–Crippen LogP) is 5.74. The third-order valence-electron chi connectivity index (χ3n) is 5.67. The molecule has 2 aromatic carbocycles. The molecule has 0 bridgehead atoms. The van der Waals surface area contributed by atoms with Gasteiger partial charge < -0.3 is 10.6 Å². The molecule has 4 rings (SSSR count). The highest BCUT2D eigenvalue weighted by Gasteiger charge is 2.27. The van der Waals surface area contributed by atoms with Crippen LogP contribution in [0.15, 0.2) is 64.4 Å². The van der Waals surface area contributed by atoms with Crippen LogP contribution in [0.25, 0.3) is 0 Å². The van der Waals surface area contributed by atoms with Gasteiger partial charge in [0.05, 0.1) is 10.6 Å². The molecule has 0 spiro atoms. The third-order valence-corrected chi connectivity index (χ3v) is 7.23. The number of anilines is 2. The van der Waals surface area contributed by atoms with Crippen molar-refractivity contribution in [3.8, 4) is 0 Å². The van der Waals surface area contributed by atoms with Gasteiger partial charge >= 0.3 is 0 Å². The van der Waals surface area contributed by atoms with E-state index in [1.807, 2.05) is 26.2 Å². The molecule has 0 atom stereocenters. The lowest BCUT2D eigenvalue weighted by Crippen LogP contribution is -2.33. The monoisotopic (exact) mass is 453 g/mol. The quantitative estimate of drug-likeness (QED) is 0.444. The van der Waals surface area contributed by atoms with Crippen molar-refractivity contribution in [2.75, 3.05) is 37.8 Å². The van der Waals surface area contributed by atoms with Gasteiger partial charge in [0.2, 0.25) is 5.95 Å². The molecule has 1 fully saturated rings. The van der Waals surface area contributed by atoms with Gasteiger partial charge in [-0.05, 0) is 43.6 Å². The van der Waals surface area contributed by atoms with Crippen LogP contribution in [0, 0.1) is 0 Å². The first-order valence-corrected chi connectivity index (χ1v) is 11.8. The SMILES string of the molecule is CNc1nc(Cl)c(Sc2ccccc2NC)c(C2CCN(Cc3ccccc3)CC2)n1. The molecule has 0 radical (unpaired) electrons. The maximum Gasteiger partial charge on any atom is 0.224 e. The highest BCUT2D eigenvalue weighted by molar-refractivity contribution is 7.99. The molecule has 2 heterocycles. The minimum atomic E-state index is 0.365. The number of rotatable bonds is 7. The van der Waals surface area contributed by atoms with E-state index in [-0.39, 0.29) is 0 Å². The van der Waals surface area contributed by atoms with E-state index in [0.29, 0.717) is 17.0 Å². The van der Waals surface area contributed by atoms with Crippen molar-refractivity contribution in [3.05, 3.63) is 71.0 Å². The molecule has 1 aliphatic rings. The summed E-state index contributed by atoms with van der Waals surface area (Å²) in [5.41, 5.74) is 3.49. The van der Waals surface area contributed by atoms with E-state index in [2.05, 4.69) is 63.0 Å². The van der Waals surface area contributed by atoms with E-state index >= 15 is 0 Å². The number of nitrogens with zero attached hydrogens (tertiary/aromatic N) is 3. The van der Waals surface area contributed by atoms with Gasteiger partial charge in [-0.25, -0.2) is 4.98 Å². The van der Waals surface area contributed by atoms with Crippen molar-refractivity contribution in [3.63, 3.8) is 0 Å². The van der Waals surface area contributed by atoms with Gasteiger partial charge in [0.25, 0.3) is 0 Å². The minimum absolute atomic E-state index is 0.365. The van der Waals surface area contributed by atoms with Crippen molar-refractivity contribution in [1.29, 1.82) is 0 Å². The second kappa shape index (κ2) is 10.4. The summed E-state index contributed by atoms with van der Waals surface area (Å²) in [7, 11) is 3.77. The van der Waals surface area contributed by atoms with E-state index in [1.165, 1.54) is 5.56 Å². The second-order valence-corrected chi connectivity index (χ2v) is 9.10. The Morgan fingerprint density at radius 2 is 1.68 bits per heavy atom. The fourth-order valence-electron chi connectivity index (χ4n) is 4.00. The number of hydrogen-bond donors (Lipinski definition) is 2. The van der Waals surface area contributed by atoms with E-state index < -0.39 is 0 Å². The van der Waals surface area contributed by atoms with Crippen LogP contribution in [0.4, 0.5) is 11.6 Å². The van der Waals surface area contributed by atoms with Gasteiger partial charge in [-0.15, -0.1) is 0 Å². The van der Waals surface area contributed by atoms with Gasteiger partial charge in [-0.2, -0.15) is 4.98 Å². The van der Waals surface area contributed by atoms with Crippen LogP contribution in [0.5, 0.6) is 0 Å². The van der Waals surface area contributed by atoms with Gasteiger partial charge in [-0.3, -0.25) is 4.90 Å². The molecule has 0 unspecified atom stereocenters. The zero-order valence-electron chi connectivity index (χ0n) is 17.9. The molecule has 31 heavy (non-hydrogen) atoms. The Hall–Kier alpha value is -2.28. The van der Waals surface area contributed by atoms with Gasteiger partial charge in [-0.1, -0.05) is 65.8 Å². The number of benzene rings is 2. The fourth-order valence-corrected chi connectivity index (χ4v) is 5.39. The van der Waals surface area contributed by atoms with Crippen LogP contribution in [-0.4, -0.2) is 42.1 Å². The Kier molecular flexibility index (Phi) is 7.33. The number of hydrogen-bond acceptors (Lipinski definition) is 6. The summed E-state index contributed by atoms with van der Waals surface area (Å²) in [5.74, 6) is 0.946. The molecule has 1 aliphatic heterocycles. The van der Waals surface area contributed by atoms with E-state index in [9.17, 15) is 0 Å². The number of halogens is 1. The molecule has 162 valence electrons. The maximum atomic E-state index is 6.67. The molecule has 0 saturated carbocycles. The topological polar surface area (TPSA) is 53.1 Å². The van der Waals surface area contributed by atoms with Crippen molar-refractivity contribution >= 4 is 35.0 Å². The summed E-state index contributed by atoms with van der Waals surface area (Å²) in [6, 6.07) is 18.9. The lowest BCUT2D eigenvalue weighted by Gasteiger charge is -2.32. The van der Waals surface area contributed by atoms with Crippen LogP contribution in [0.3, 0.4) is 0 Å². The molecule has 1 aromatic heterocycles. The van der Waals surface area contributed by atoms with Gasteiger partial charge in [0, 0.05) is 37.1 Å². The van der Waals surface area contributed by atoms with Crippen LogP contribution < -0.4 is 10.6 Å². The third kappa shape index (κ3) is 5.32. The highest BCUT2D eigenvalue weighted by Crippen LogP contribution is 2.42. The predicted molar refractivity (Wildman–Crippen MR) is 130 cm³/mol. The smallest absolute Gasteiger partial charge is 0.224 e. The van der Waals surface area contributed by atoms with Crippen molar-refractivity contribution in [2.45, 2.75) is 35.1 Å². The fraction of sp³-hybridized carbons (Fsp3) is 0.333. The number of likely N-dealkylation sites (tertiary alicyclic amines) is 1. The Morgan fingerprint density at radius 1 is 0.968 bits per heavy atom. The Morgan fingerprint density at radius 3 is 2.39 bits per heavy atom. The standard InChI is InChI=1S/C24H28ClN5S/c1-26-19-10-6-7-11-20(19)31-22-21(28-24(27-2)29-23(22)25)18-12-14-30(15-13-18)16-17-8-4-3-5-9-17/h3-11,18,26H,12-16H2,1-2H3,(H,27,28,29). The molecular weight excluding hydrogens is 426 g/mol.